The molecule has 202 valence electrons. The molecular formula is C31H38O4S2Si. The molecule has 1 saturated heterocycles. The number of aryl methyl sites for hydroxylation is 2. The summed E-state index contributed by atoms with van der Waals surface area (Å²) in [4.78, 5) is 15.0. The molecule has 1 saturated carbocycles. The van der Waals surface area contributed by atoms with Crippen LogP contribution in [0.15, 0.2) is 42.0 Å². The number of benzene rings is 2. The molecule has 7 heteroatoms. The van der Waals surface area contributed by atoms with Crippen LogP contribution < -0.4 is 4.74 Å². The van der Waals surface area contributed by atoms with E-state index in [9.17, 15) is 5.11 Å². The number of fused-ring (bicyclic) bond motifs is 6. The molecule has 0 aromatic heterocycles. The number of aliphatic hydroxyl groups is 1. The molecule has 3 atom stereocenters. The highest BCUT2D eigenvalue weighted by atomic mass is 32.2. The summed E-state index contributed by atoms with van der Waals surface area (Å²) < 4.78 is 13.1. The number of thioether (sulfide) groups is 2. The number of ketones is 1. The quantitative estimate of drug-likeness (QED) is 0.391. The summed E-state index contributed by atoms with van der Waals surface area (Å²) in [7, 11) is -0.624. The Morgan fingerprint density at radius 1 is 1.11 bits per heavy atom. The molecule has 4 aliphatic rings. The molecular weight excluding hydrogens is 529 g/mol. The number of carbonyl (C=O) groups excluding carboxylic acids is 1. The predicted molar refractivity (Wildman–Crippen MR) is 161 cm³/mol. The minimum atomic E-state index is -2.33. The average molecular weight is 567 g/mol. The van der Waals surface area contributed by atoms with Gasteiger partial charge < -0.3 is 14.3 Å². The molecule has 3 aliphatic carbocycles. The Labute approximate surface area is 236 Å². The third kappa shape index (κ3) is 3.37. The number of carbonyl (C=O) groups is 1. The lowest BCUT2D eigenvalue weighted by Gasteiger charge is -2.48. The largest absolute Gasteiger partial charge is 0.507 e. The van der Waals surface area contributed by atoms with Crippen LogP contribution in [-0.4, -0.2) is 43.9 Å². The number of hydrogen-bond donors (Lipinski definition) is 1. The fourth-order valence-electron chi connectivity index (χ4n) is 6.98. The fraction of sp³-hybridized carbons (Fsp3) is 0.516. The van der Waals surface area contributed by atoms with Crippen molar-refractivity contribution in [2.75, 3.05) is 18.6 Å². The molecule has 1 heterocycles. The standard InChI is InChI=1S/C31H38O4S2Si/c1-18-16-19-12-13-30(24(19)22(17-18)34-5)27(33)23-25(28(30)35-38(6,7)29(2,3)4)31(36-14-15-37-31)21-11-9-8-10-20(21)26(23)32/h8-11,16-17,25,28,32H,12-15H2,1-7H3/t25-,28+,30?/m1/s1. The minimum absolute atomic E-state index is 0.0275. The molecule has 0 bridgehead atoms. The van der Waals surface area contributed by atoms with Crippen LogP contribution in [0.5, 0.6) is 5.75 Å². The van der Waals surface area contributed by atoms with Crippen molar-refractivity contribution >= 4 is 43.4 Å². The second-order valence-corrected chi connectivity index (χ2v) is 20.4. The third-order valence-corrected chi connectivity index (χ3v) is 17.7. The van der Waals surface area contributed by atoms with E-state index in [1.807, 2.05) is 35.7 Å². The van der Waals surface area contributed by atoms with Crippen molar-refractivity contribution in [1.29, 1.82) is 0 Å². The van der Waals surface area contributed by atoms with Gasteiger partial charge in [0.25, 0.3) is 0 Å². The fourth-order valence-corrected chi connectivity index (χ4v) is 11.9. The van der Waals surface area contributed by atoms with Gasteiger partial charge in [-0.3, -0.25) is 4.79 Å². The Bertz CT molecular complexity index is 1370. The van der Waals surface area contributed by atoms with Crippen molar-refractivity contribution in [2.24, 2.45) is 5.92 Å². The van der Waals surface area contributed by atoms with Gasteiger partial charge in [-0.25, -0.2) is 0 Å². The lowest BCUT2D eigenvalue weighted by molar-refractivity contribution is -0.121. The predicted octanol–water partition coefficient (Wildman–Crippen LogP) is 7.39. The first-order valence-corrected chi connectivity index (χ1v) is 18.5. The van der Waals surface area contributed by atoms with Gasteiger partial charge in [0.15, 0.2) is 14.1 Å². The Morgan fingerprint density at radius 2 is 1.79 bits per heavy atom. The van der Waals surface area contributed by atoms with Gasteiger partial charge in [-0.2, -0.15) is 0 Å². The number of hydrogen-bond acceptors (Lipinski definition) is 6. The Morgan fingerprint density at radius 3 is 2.45 bits per heavy atom. The van der Waals surface area contributed by atoms with Gasteiger partial charge in [-0.15, -0.1) is 23.5 Å². The van der Waals surface area contributed by atoms with Crippen molar-refractivity contribution in [1.82, 2.24) is 0 Å². The molecule has 6 rings (SSSR count). The number of rotatable bonds is 3. The summed E-state index contributed by atoms with van der Waals surface area (Å²) in [6, 6.07) is 12.4. The summed E-state index contributed by atoms with van der Waals surface area (Å²) in [6.45, 7) is 13.4. The molecule has 1 aliphatic heterocycles. The van der Waals surface area contributed by atoms with Gasteiger partial charge in [0.1, 0.15) is 11.5 Å². The molecule has 2 fully saturated rings. The zero-order valence-corrected chi connectivity index (χ0v) is 26.1. The molecule has 2 aromatic rings. The van der Waals surface area contributed by atoms with Crippen molar-refractivity contribution in [3.05, 3.63) is 69.8 Å². The smallest absolute Gasteiger partial charge is 0.192 e. The highest BCUT2D eigenvalue weighted by molar-refractivity contribution is 8.20. The van der Waals surface area contributed by atoms with Gasteiger partial charge in [0.05, 0.1) is 22.7 Å². The van der Waals surface area contributed by atoms with Gasteiger partial charge >= 0.3 is 0 Å². The zero-order chi connectivity index (χ0) is 27.3. The van der Waals surface area contributed by atoms with Crippen molar-refractivity contribution < 1.29 is 19.1 Å². The summed E-state index contributed by atoms with van der Waals surface area (Å²) in [5.74, 6) is 2.73. The summed E-state index contributed by atoms with van der Waals surface area (Å²) >= 11 is 3.86. The monoisotopic (exact) mass is 566 g/mol. The first-order chi connectivity index (χ1) is 17.9. The van der Waals surface area contributed by atoms with Crippen LogP contribution in [-0.2, 0) is 25.1 Å². The molecule has 0 amide bonds. The summed E-state index contributed by atoms with van der Waals surface area (Å²) in [5, 5.41) is 11.8. The second kappa shape index (κ2) is 8.66. The number of aliphatic hydroxyl groups excluding tert-OH is 1. The molecule has 38 heavy (non-hydrogen) atoms. The Kier molecular flexibility index (Phi) is 6.05. The SMILES string of the molecule is COc1cc(C)cc2c1C1(CC2)C(=O)C2=C(O)c3ccccc3C3(SCCS3)[C@H]2[C@@H]1O[Si](C)(C)C(C)(C)C. The van der Waals surface area contributed by atoms with Crippen LogP contribution in [0.25, 0.3) is 5.76 Å². The van der Waals surface area contributed by atoms with Gasteiger partial charge in [0.2, 0.25) is 0 Å². The second-order valence-electron chi connectivity index (χ2n) is 12.8. The van der Waals surface area contributed by atoms with Crippen LogP contribution in [0.2, 0.25) is 18.1 Å². The molecule has 2 spiro atoms. The lowest BCUT2D eigenvalue weighted by atomic mass is 9.75. The molecule has 1 N–H and O–H groups in total. The zero-order valence-electron chi connectivity index (χ0n) is 23.4. The van der Waals surface area contributed by atoms with E-state index in [4.69, 9.17) is 9.16 Å². The van der Waals surface area contributed by atoms with E-state index in [-0.39, 0.29) is 32.7 Å². The average Bonchev–Trinajstić information content (AvgIpc) is 3.55. The molecule has 0 radical (unpaired) electrons. The topological polar surface area (TPSA) is 55.8 Å². The molecule has 4 nitrogen and oxygen atoms in total. The van der Waals surface area contributed by atoms with Crippen LogP contribution in [0.4, 0.5) is 0 Å². The molecule has 2 aromatic carbocycles. The first kappa shape index (κ1) is 26.5. The van der Waals surface area contributed by atoms with Crippen molar-refractivity contribution in [3.8, 4) is 5.75 Å². The van der Waals surface area contributed by atoms with Gasteiger partial charge in [0, 0.05) is 34.1 Å². The Hall–Kier alpha value is -1.67. The highest BCUT2D eigenvalue weighted by Gasteiger charge is 2.71. The van der Waals surface area contributed by atoms with Crippen LogP contribution in [0.1, 0.15) is 55.0 Å². The minimum Gasteiger partial charge on any atom is -0.507 e. The van der Waals surface area contributed by atoms with Crippen LogP contribution >= 0.6 is 23.5 Å². The van der Waals surface area contributed by atoms with E-state index in [0.29, 0.717) is 12.0 Å². The molecule has 1 unspecified atom stereocenters. The maximum atomic E-state index is 15.0. The number of methoxy groups -OCH3 is 1. The van der Waals surface area contributed by atoms with E-state index in [0.717, 1.165) is 45.9 Å². The Balaban J connectivity index is 1.68. The van der Waals surface area contributed by atoms with E-state index in [1.54, 1.807) is 7.11 Å². The number of ether oxygens (including phenoxy) is 1. The van der Waals surface area contributed by atoms with Crippen molar-refractivity contribution in [3.63, 3.8) is 0 Å². The van der Waals surface area contributed by atoms with E-state index in [2.05, 4.69) is 65.1 Å². The van der Waals surface area contributed by atoms with Crippen molar-refractivity contribution in [2.45, 2.75) is 74.3 Å². The summed E-state index contributed by atoms with van der Waals surface area (Å²) in [5.41, 5.74) is 4.92. The van der Waals surface area contributed by atoms with Crippen LogP contribution in [0.3, 0.4) is 0 Å². The normalized spacial score (nSPS) is 27.7. The van der Waals surface area contributed by atoms with E-state index < -0.39 is 13.7 Å². The third-order valence-electron chi connectivity index (χ3n) is 9.70. The highest BCUT2D eigenvalue weighted by Crippen LogP contribution is 2.70. The van der Waals surface area contributed by atoms with E-state index >= 15 is 4.79 Å². The maximum Gasteiger partial charge on any atom is 0.192 e. The van der Waals surface area contributed by atoms with Gasteiger partial charge in [-0.1, -0.05) is 51.1 Å². The maximum absolute atomic E-state index is 15.0. The first-order valence-electron chi connectivity index (χ1n) is 13.6. The lowest BCUT2D eigenvalue weighted by Crippen LogP contribution is -2.53. The summed E-state index contributed by atoms with van der Waals surface area (Å²) in [6.07, 6.45) is 1.10. The van der Waals surface area contributed by atoms with Gasteiger partial charge in [-0.05, 0) is 60.7 Å². The van der Waals surface area contributed by atoms with Crippen LogP contribution in [0, 0.1) is 12.8 Å². The number of Topliss-reactive ketones (excluding diaryl/α,β-unsaturated/α-hetero) is 1. The van der Waals surface area contributed by atoms with E-state index in [1.165, 1.54) is 5.56 Å².